The molecule has 1 unspecified atom stereocenters. The van der Waals surface area contributed by atoms with Crippen LogP contribution in [0.5, 0.6) is 5.75 Å². The normalized spacial score (nSPS) is 20.5. The van der Waals surface area contributed by atoms with E-state index in [9.17, 15) is 0 Å². The van der Waals surface area contributed by atoms with Gasteiger partial charge in [-0.3, -0.25) is 0 Å². The lowest BCUT2D eigenvalue weighted by molar-refractivity contribution is 0.277. The lowest BCUT2D eigenvalue weighted by atomic mass is 10.2. The Bertz CT molecular complexity index is 293. The van der Waals surface area contributed by atoms with E-state index >= 15 is 0 Å². The summed E-state index contributed by atoms with van der Waals surface area (Å²) in [5.41, 5.74) is 0. The fourth-order valence-corrected chi connectivity index (χ4v) is 2.18. The molecule has 1 aliphatic rings. The summed E-state index contributed by atoms with van der Waals surface area (Å²) in [6, 6.07) is 8.83. The molecule has 2 rings (SSSR count). The molecule has 82 valence electrons. The largest absolute Gasteiger partial charge is 0.492 e. The molecule has 1 saturated heterocycles. The molecule has 1 aromatic rings. The van der Waals surface area contributed by atoms with Gasteiger partial charge in [-0.1, -0.05) is 0 Å². The maximum Gasteiger partial charge on any atom is 0.119 e. The smallest absolute Gasteiger partial charge is 0.119 e. The summed E-state index contributed by atoms with van der Waals surface area (Å²) in [6.45, 7) is 1.93. The summed E-state index contributed by atoms with van der Waals surface area (Å²) in [5, 5.41) is 3.42. The van der Waals surface area contributed by atoms with Crippen LogP contribution in [0.15, 0.2) is 29.2 Å². The van der Waals surface area contributed by atoms with Crippen molar-refractivity contribution in [2.75, 3.05) is 19.4 Å². The number of thioether (sulfide) groups is 1. The molecule has 1 fully saturated rings. The Morgan fingerprint density at radius 2 is 2.20 bits per heavy atom. The van der Waals surface area contributed by atoms with Crippen LogP contribution in [0.2, 0.25) is 0 Å². The van der Waals surface area contributed by atoms with Crippen molar-refractivity contribution in [3.8, 4) is 5.75 Å². The van der Waals surface area contributed by atoms with Crippen molar-refractivity contribution >= 4 is 11.8 Å². The summed E-state index contributed by atoms with van der Waals surface area (Å²) >= 11 is 1.75. The maximum absolute atomic E-state index is 5.72. The highest BCUT2D eigenvalue weighted by Crippen LogP contribution is 2.19. The minimum absolute atomic E-state index is 0.547. The Morgan fingerprint density at radius 1 is 1.40 bits per heavy atom. The van der Waals surface area contributed by atoms with Crippen LogP contribution >= 0.6 is 11.8 Å². The van der Waals surface area contributed by atoms with Crippen LogP contribution in [0.1, 0.15) is 12.8 Å². The Balaban J connectivity index is 1.82. The molecule has 0 aromatic heterocycles. The van der Waals surface area contributed by atoms with Crippen LogP contribution in [-0.2, 0) is 0 Å². The molecule has 1 heterocycles. The minimum Gasteiger partial charge on any atom is -0.492 e. The van der Waals surface area contributed by atoms with Crippen LogP contribution in [0.25, 0.3) is 0 Å². The van der Waals surface area contributed by atoms with E-state index in [1.807, 2.05) is 12.1 Å². The molecule has 0 radical (unpaired) electrons. The van der Waals surface area contributed by atoms with Crippen molar-refractivity contribution in [3.05, 3.63) is 24.3 Å². The highest BCUT2D eigenvalue weighted by atomic mass is 32.2. The van der Waals surface area contributed by atoms with E-state index in [1.54, 1.807) is 11.8 Å². The molecule has 1 N–H and O–H groups in total. The average Bonchev–Trinajstić information content (AvgIpc) is 2.80. The van der Waals surface area contributed by atoms with Crippen molar-refractivity contribution in [3.63, 3.8) is 0 Å². The summed E-state index contributed by atoms with van der Waals surface area (Å²) in [6.07, 6.45) is 4.60. The van der Waals surface area contributed by atoms with Gasteiger partial charge in [0, 0.05) is 10.9 Å². The quantitative estimate of drug-likeness (QED) is 0.793. The number of rotatable bonds is 4. The van der Waals surface area contributed by atoms with E-state index < -0.39 is 0 Å². The van der Waals surface area contributed by atoms with Gasteiger partial charge in [0.2, 0.25) is 0 Å². The molecule has 0 bridgehead atoms. The summed E-state index contributed by atoms with van der Waals surface area (Å²) < 4.78 is 5.72. The average molecular weight is 223 g/mol. The highest BCUT2D eigenvalue weighted by molar-refractivity contribution is 7.98. The number of hydrogen-bond acceptors (Lipinski definition) is 3. The molecular weight excluding hydrogens is 206 g/mol. The predicted molar refractivity (Wildman–Crippen MR) is 64.7 cm³/mol. The maximum atomic E-state index is 5.72. The lowest BCUT2D eigenvalue weighted by Crippen LogP contribution is -2.28. The molecule has 15 heavy (non-hydrogen) atoms. The zero-order valence-electron chi connectivity index (χ0n) is 9.03. The minimum atomic E-state index is 0.547. The van der Waals surface area contributed by atoms with Gasteiger partial charge in [0.1, 0.15) is 12.4 Å². The first-order valence-electron chi connectivity index (χ1n) is 5.39. The van der Waals surface area contributed by atoms with Crippen molar-refractivity contribution in [1.29, 1.82) is 0 Å². The van der Waals surface area contributed by atoms with E-state index in [-0.39, 0.29) is 0 Å². The first-order valence-corrected chi connectivity index (χ1v) is 6.61. The first kappa shape index (κ1) is 10.8. The molecule has 0 amide bonds. The number of ether oxygens (including phenoxy) is 1. The summed E-state index contributed by atoms with van der Waals surface area (Å²) in [7, 11) is 0. The lowest BCUT2D eigenvalue weighted by Gasteiger charge is -2.12. The number of benzene rings is 1. The molecule has 1 aromatic carbocycles. The number of hydrogen-bond donors (Lipinski definition) is 1. The standard InChI is InChI=1S/C12H17NOS/c1-15-12-6-4-11(5-7-12)14-9-10-3-2-8-13-10/h4-7,10,13H,2-3,8-9H2,1H3. The molecule has 1 atom stereocenters. The van der Waals surface area contributed by atoms with Crippen LogP contribution in [0.3, 0.4) is 0 Å². The van der Waals surface area contributed by atoms with E-state index in [0.717, 1.165) is 18.9 Å². The molecular formula is C12H17NOS. The number of nitrogens with one attached hydrogen (secondary N) is 1. The Kier molecular flexibility index (Phi) is 3.92. The van der Waals surface area contributed by atoms with Gasteiger partial charge in [-0.2, -0.15) is 0 Å². The van der Waals surface area contributed by atoms with Crippen LogP contribution in [0, 0.1) is 0 Å². The van der Waals surface area contributed by atoms with Gasteiger partial charge in [-0.05, 0) is 49.9 Å². The molecule has 0 saturated carbocycles. The first-order chi connectivity index (χ1) is 7.38. The second-order valence-electron chi connectivity index (χ2n) is 3.78. The predicted octanol–water partition coefficient (Wildman–Crippen LogP) is 2.54. The van der Waals surface area contributed by atoms with Gasteiger partial charge in [-0.25, -0.2) is 0 Å². The zero-order chi connectivity index (χ0) is 10.5. The SMILES string of the molecule is CSc1ccc(OCC2CCCN2)cc1. The topological polar surface area (TPSA) is 21.3 Å². The second kappa shape index (κ2) is 5.42. The summed E-state index contributed by atoms with van der Waals surface area (Å²) in [4.78, 5) is 1.28. The van der Waals surface area contributed by atoms with Gasteiger partial charge in [0.05, 0.1) is 0 Å². The fraction of sp³-hybridized carbons (Fsp3) is 0.500. The van der Waals surface area contributed by atoms with Crippen molar-refractivity contribution in [2.45, 2.75) is 23.8 Å². The molecule has 2 nitrogen and oxygen atoms in total. The Hall–Kier alpha value is -0.670. The zero-order valence-corrected chi connectivity index (χ0v) is 9.85. The van der Waals surface area contributed by atoms with Crippen molar-refractivity contribution < 1.29 is 4.74 Å². The third-order valence-corrected chi connectivity index (χ3v) is 3.42. The Labute approximate surface area is 95.4 Å². The molecule has 1 aliphatic heterocycles. The molecule has 0 spiro atoms. The third-order valence-electron chi connectivity index (χ3n) is 2.67. The molecule has 3 heteroatoms. The Morgan fingerprint density at radius 3 is 2.80 bits per heavy atom. The van der Waals surface area contributed by atoms with Gasteiger partial charge >= 0.3 is 0 Å². The monoisotopic (exact) mass is 223 g/mol. The van der Waals surface area contributed by atoms with Gasteiger partial charge in [0.25, 0.3) is 0 Å². The van der Waals surface area contributed by atoms with Crippen LogP contribution in [-0.4, -0.2) is 25.4 Å². The van der Waals surface area contributed by atoms with Crippen molar-refractivity contribution in [2.24, 2.45) is 0 Å². The summed E-state index contributed by atoms with van der Waals surface area (Å²) in [5.74, 6) is 0.974. The molecule has 0 aliphatic carbocycles. The van der Waals surface area contributed by atoms with Crippen molar-refractivity contribution in [1.82, 2.24) is 5.32 Å². The van der Waals surface area contributed by atoms with Gasteiger partial charge in [0.15, 0.2) is 0 Å². The van der Waals surface area contributed by atoms with E-state index in [0.29, 0.717) is 6.04 Å². The third kappa shape index (κ3) is 3.14. The van der Waals surface area contributed by atoms with Gasteiger partial charge in [-0.15, -0.1) is 11.8 Å². The second-order valence-corrected chi connectivity index (χ2v) is 4.66. The fourth-order valence-electron chi connectivity index (χ4n) is 1.77. The van der Waals surface area contributed by atoms with E-state index in [1.165, 1.54) is 17.7 Å². The van der Waals surface area contributed by atoms with E-state index in [2.05, 4.69) is 23.7 Å². The van der Waals surface area contributed by atoms with Crippen LogP contribution in [0.4, 0.5) is 0 Å². The van der Waals surface area contributed by atoms with E-state index in [4.69, 9.17) is 4.74 Å². The van der Waals surface area contributed by atoms with Crippen LogP contribution < -0.4 is 10.1 Å². The van der Waals surface area contributed by atoms with Gasteiger partial charge < -0.3 is 10.1 Å². The highest BCUT2D eigenvalue weighted by Gasteiger charge is 2.14.